The van der Waals surface area contributed by atoms with Crippen LogP contribution in [0, 0.1) is 13.8 Å². The third kappa shape index (κ3) is 3.96. The Morgan fingerprint density at radius 2 is 2.04 bits per heavy atom. The van der Waals surface area contributed by atoms with E-state index in [2.05, 4.69) is 57.2 Å². The third-order valence-corrected chi connectivity index (χ3v) is 5.55. The van der Waals surface area contributed by atoms with Gasteiger partial charge in [0, 0.05) is 37.4 Å². The Balaban J connectivity index is 1.50. The van der Waals surface area contributed by atoms with E-state index in [1.807, 2.05) is 14.0 Å². The minimum atomic E-state index is 0.287. The van der Waals surface area contributed by atoms with Crippen molar-refractivity contribution in [3.8, 4) is 0 Å². The molecule has 1 heterocycles. The van der Waals surface area contributed by atoms with Crippen molar-refractivity contribution in [1.82, 2.24) is 15.6 Å². The average molecular weight is 343 g/mol. The number of guanidine groups is 1. The molecule has 24 heavy (non-hydrogen) atoms. The Bertz CT molecular complexity index is 716. The molecule has 1 aliphatic rings. The van der Waals surface area contributed by atoms with Gasteiger partial charge in [0.25, 0.3) is 0 Å². The summed E-state index contributed by atoms with van der Waals surface area (Å²) < 4.78 is 0. The van der Waals surface area contributed by atoms with Crippen LogP contribution in [0.4, 0.5) is 0 Å². The fourth-order valence-electron chi connectivity index (χ4n) is 3.17. The van der Waals surface area contributed by atoms with Gasteiger partial charge in [-0.3, -0.25) is 4.99 Å². The second-order valence-corrected chi connectivity index (χ2v) is 7.62. The molecule has 1 aromatic heterocycles. The number of aliphatic imine (C=N–C) groups is 1. The topological polar surface area (TPSA) is 49.3 Å². The Labute approximate surface area is 148 Å². The van der Waals surface area contributed by atoms with E-state index in [1.54, 1.807) is 11.3 Å². The largest absolute Gasteiger partial charge is 0.356 e. The van der Waals surface area contributed by atoms with Crippen LogP contribution in [0.15, 0.2) is 34.6 Å². The molecule has 0 spiro atoms. The lowest BCUT2D eigenvalue weighted by atomic mass is 9.92. The average Bonchev–Trinajstić information content (AvgIpc) is 3.26. The summed E-state index contributed by atoms with van der Waals surface area (Å²) in [6.07, 6.45) is 3.42. The molecule has 0 amide bonds. The van der Waals surface area contributed by atoms with Gasteiger partial charge in [0.05, 0.1) is 10.7 Å². The zero-order chi connectivity index (χ0) is 17.0. The minimum absolute atomic E-state index is 0.287. The van der Waals surface area contributed by atoms with Gasteiger partial charge in [0.15, 0.2) is 5.96 Å². The molecule has 1 aromatic carbocycles. The standard InChI is InChI=1S/C19H26N4S/c1-14-6-4-5-7-17(14)19(9-10-19)13-22-18(20-3)21-11-8-16-12-24-15(2)23-16/h4-7,12H,8-11,13H2,1-3H3,(H2,20,21,22). The molecule has 5 heteroatoms. The van der Waals surface area contributed by atoms with Crippen molar-refractivity contribution in [3.63, 3.8) is 0 Å². The van der Waals surface area contributed by atoms with Gasteiger partial charge in [-0.15, -0.1) is 11.3 Å². The molecule has 0 saturated heterocycles. The Morgan fingerprint density at radius 3 is 2.67 bits per heavy atom. The van der Waals surface area contributed by atoms with E-state index >= 15 is 0 Å². The maximum Gasteiger partial charge on any atom is 0.191 e. The highest BCUT2D eigenvalue weighted by Crippen LogP contribution is 2.48. The molecule has 2 N–H and O–H groups in total. The fraction of sp³-hybridized carbons (Fsp3) is 0.474. The summed E-state index contributed by atoms with van der Waals surface area (Å²) in [6.45, 7) is 6.04. The molecule has 2 aromatic rings. The van der Waals surface area contributed by atoms with Gasteiger partial charge in [-0.05, 0) is 37.8 Å². The summed E-state index contributed by atoms with van der Waals surface area (Å²) in [5.74, 6) is 0.877. The maximum atomic E-state index is 4.50. The van der Waals surface area contributed by atoms with Crippen LogP contribution in [0.3, 0.4) is 0 Å². The van der Waals surface area contributed by atoms with Gasteiger partial charge in [-0.2, -0.15) is 0 Å². The van der Waals surface area contributed by atoms with Crippen LogP contribution in [0.5, 0.6) is 0 Å². The first-order valence-corrected chi connectivity index (χ1v) is 9.42. The molecular formula is C19H26N4S. The van der Waals surface area contributed by atoms with Gasteiger partial charge >= 0.3 is 0 Å². The zero-order valence-corrected chi connectivity index (χ0v) is 15.5. The SMILES string of the molecule is CN=C(NCCc1csc(C)n1)NCC1(c2ccccc2C)CC1. The number of nitrogens with one attached hydrogen (secondary N) is 2. The number of benzene rings is 1. The molecule has 0 unspecified atom stereocenters. The third-order valence-electron chi connectivity index (χ3n) is 4.73. The van der Waals surface area contributed by atoms with Gasteiger partial charge in [-0.1, -0.05) is 24.3 Å². The van der Waals surface area contributed by atoms with Gasteiger partial charge in [0.2, 0.25) is 0 Å². The van der Waals surface area contributed by atoms with Crippen LogP contribution in [0.1, 0.15) is 34.7 Å². The summed E-state index contributed by atoms with van der Waals surface area (Å²) in [5, 5.41) is 10.2. The zero-order valence-electron chi connectivity index (χ0n) is 14.7. The molecule has 0 aliphatic heterocycles. The van der Waals surface area contributed by atoms with Crippen LogP contribution in [-0.2, 0) is 11.8 Å². The van der Waals surface area contributed by atoms with Crippen LogP contribution >= 0.6 is 11.3 Å². The van der Waals surface area contributed by atoms with E-state index in [4.69, 9.17) is 0 Å². The highest BCUT2D eigenvalue weighted by Gasteiger charge is 2.44. The molecule has 1 saturated carbocycles. The first kappa shape index (κ1) is 17.0. The number of hydrogen-bond acceptors (Lipinski definition) is 3. The first-order valence-electron chi connectivity index (χ1n) is 8.55. The number of rotatable bonds is 6. The van der Waals surface area contributed by atoms with Crippen LogP contribution < -0.4 is 10.6 Å². The van der Waals surface area contributed by atoms with Crippen molar-refractivity contribution in [2.75, 3.05) is 20.1 Å². The Morgan fingerprint density at radius 1 is 1.25 bits per heavy atom. The van der Waals surface area contributed by atoms with Crippen molar-refractivity contribution >= 4 is 17.3 Å². The molecule has 0 atom stereocenters. The van der Waals surface area contributed by atoms with E-state index in [0.29, 0.717) is 0 Å². The van der Waals surface area contributed by atoms with E-state index < -0.39 is 0 Å². The van der Waals surface area contributed by atoms with Crippen molar-refractivity contribution < 1.29 is 0 Å². The molecule has 0 radical (unpaired) electrons. The lowest BCUT2D eigenvalue weighted by Crippen LogP contribution is -2.42. The molecule has 3 rings (SSSR count). The van der Waals surface area contributed by atoms with Crippen molar-refractivity contribution in [2.24, 2.45) is 4.99 Å². The highest BCUT2D eigenvalue weighted by molar-refractivity contribution is 7.09. The molecular weight excluding hydrogens is 316 g/mol. The monoisotopic (exact) mass is 342 g/mol. The highest BCUT2D eigenvalue weighted by atomic mass is 32.1. The number of nitrogens with zero attached hydrogens (tertiary/aromatic N) is 2. The quantitative estimate of drug-likeness (QED) is 0.626. The summed E-state index contributed by atoms with van der Waals surface area (Å²) in [6, 6.07) is 8.73. The molecule has 1 aliphatic carbocycles. The van der Waals surface area contributed by atoms with Crippen molar-refractivity contribution in [3.05, 3.63) is 51.5 Å². The fourth-order valence-corrected chi connectivity index (χ4v) is 3.81. The Kier molecular flexibility index (Phi) is 5.19. The maximum absolute atomic E-state index is 4.50. The first-order chi connectivity index (χ1) is 11.6. The predicted molar refractivity (Wildman–Crippen MR) is 102 cm³/mol. The normalized spacial score (nSPS) is 16.0. The lowest BCUT2D eigenvalue weighted by Gasteiger charge is -2.20. The second-order valence-electron chi connectivity index (χ2n) is 6.56. The molecule has 4 nitrogen and oxygen atoms in total. The van der Waals surface area contributed by atoms with E-state index in [0.717, 1.165) is 36.2 Å². The van der Waals surface area contributed by atoms with Crippen molar-refractivity contribution in [2.45, 2.75) is 38.5 Å². The van der Waals surface area contributed by atoms with Crippen LogP contribution in [-0.4, -0.2) is 31.1 Å². The van der Waals surface area contributed by atoms with Crippen LogP contribution in [0.25, 0.3) is 0 Å². The summed E-state index contributed by atoms with van der Waals surface area (Å²) >= 11 is 1.71. The van der Waals surface area contributed by atoms with Crippen LogP contribution in [0.2, 0.25) is 0 Å². The predicted octanol–water partition coefficient (Wildman–Crippen LogP) is 3.20. The number of aromatic nitrogens is 1. The minimum Gasteiger partial charge on any atom is -0.356 e. The molecule has 128 valence electrons. The molecule has 0 bridgehead atoms. The van der Waals surface area contributed by atoms with E-state index in [-0.39, 0.29) is 5.41 Å². The Hall–Kier alpha value is -1.88. The van der Waals surface area contributed by atoms with E-state index in [1.165, 1.54) is 24.0 Å². The number of aryl methyl sites for hydroxylation is 2. The second kappa shape index (κ2) is 7.34. The van der Waals surface area contributed by atoms with Gasteiger partial charge in [-0.25, -0.2) is 4.98 Å². The summed E-state index contributed by atoms with van der Waals surface area (Å²) in [4.78, 5) is 8.84. The van der Waals surface area contributed by atoms with Gasteiger partial charge in [0.1, 0.15) is 0 Å². The smallest absolute Gasteiger partial charge is 0.191 e. The lowest BCUT2D eigenvalue weighted by molar-refractivity contribution is 0.641. The molecule has 1 fully saturated rings. The van der Waals surface area contributed by atoms with E-state index in [9.17, 15) is 0 Å². The number of hydrogen-bond donors (Lipinski definition) is 2. The summed E-state index contributed by atoms with van der Waals surface area (Å²) in [5.41, 5.74) is 4.30. The van der Waals surface area contributed by atoms with Gasteiger partial charge < -0.3 is 10.6 Å². The number of thiazole rings is 1. The van der Waals surface area contributed by atoms with Crippen molar-refractivity contribution in [1.29, 1.82) is 0 Å². The summed E-state index contributed by atoms with van der Waals surface area (Å²) in [7, 11) is 1.83.